The second-order valence-electron chi connectivity index (χ2n) is 2.34. The first-order valence-corrected chi connectivity index (χ1v) is 3.08. The largest absolute Gasteiger partial charge is 0.514 e. The van der Waals surface area contributed by atoms with Gasteiger partial charge in [-0.3, -0.25) is 0 Å². The SMILES string of the molecule is CCCC1(C)OC(=O)O1. The minimum atomic E-state index is -0.605. The Balaban J connectivity index is 2.31. The van der Waals surface area contributed by atoms with E-state index in [0.717, 1.165) is 12.8 Å². The minimum absolute atomic E-state index is 0.550. The summed E-state index contributed by atoms with van der Waals surface area (Å²) in [6.07, 6.45) is 1.19. The normalized spacial score (nSPS) is 21.8. The first kappa shape index (κ1) is 6.39. The average molecular weight is 130 g/mol. The van der Waals surface area contributed by atoms with Crippen LogP contribution >= 0.6 is 0 Å². The zero-order valence-electron chi connectivity index (χ0n) is 5.64. The monoisotopic (exact) mass is 130 g/mol. The summed E-state index contributed by atoms with van der Waals surface area (Å²) in [5.41, 5.74) is 0. The maximum atomic E-state index is 10.1. The lowest BCUT2D eigenvalue weighted by Crippen LogP contribution is -2.47. The zero-order chi connectivity index (χ0) is 6.91. The van der Waals surface area contributed by atoms with Crippen LogP contribution in [-0.4, -0.2) is 11.9 Å². The molecule has 1 heterocycles. The highest BCUT2D eigenvalue weighted by Gasteiger charge is 2.42. The van der Waals surface area contributed by atoms with Crippen LogP contribution in [0.25, 0.3) is 0 Å². The highest BCUT2D eigenvalue weighted by atomic mass is 16.9. The van der Waals surface area contributed by atoms with Crippen LogP contribution < -0.4 is 0 Å². The van der Waals surface area contributed by atoms with Gasteiger partial charge in [0.2, 0.25) is 0 Å². The molecule has 0 aliphatic carbocycles. The third kappa shape index (κ3) is 1.15. The highest BCUT2D eigenvalue weighted by molar-refractivity contribution is 5.65. The Morgan fingerprint density at radius 1 is 1.56 bits per heavy atom. The molecule has 0 amide bonds. The van der Waals surface area contributed by atoms with Crippen LogP contribution in [0.2, 0.25) is 0 Å². The fraction of sp³-hybridized carbons (Fsp3) is 0.833. The van der Waals surface area contributed by atoms with Crippen molar-refractivity contribution in [2.24, 2.45) is 0 Å². The van der Waals surface area contributed by atoms with E-state index in [2.05, 4.69) is 0 Å². The van der Waals surface area contributed by atoms with Crippen molar-refractivity contribution in [3.05, 3.63) is 0 Å². The third-order valence-corrected chi connectivity index (χ3v) is 1.30. The van der Waals surface area contributed by atoms with Gasteiger partial charge in [0.15, 0.2) is 0 Å². The predicted molar refractivity (Wildman–Crippen MR) is 30.9 cm³/mol. The Labute approximate surface area is 53.9 Å². The molecule has 0 bridgehead atoms. The van der Waals surface area contributed by atoms with Gasteiger partial charge in [0.25, 0.3) is 5.79 Å². The van der Waals surface area contributed by atoms with Crippen molar-refractivity contribution in [2.45, 2.75) is 32.5 Å². The molecular weight excluding hydrogens is 120 g/mol. The Morgan fingerprint density at radius 2 is 2.11 bits per heavy atom. The minimum Gasteiger partial charge on any atom is -0.391 e. The molecule has 1 fully saturated rings. The first-order valence-electron chi connectivity index (χ1n) is 3.08. The van der Waals surface area contributed by atoms with Gasteiger partial charge in [0.1, 0.15) is 0 Å². The Hall–Kier alpha value is -0.730. The second-order valence-corrected chi connectivity index (χ2v) is 2.34. The van der Waals surface area contributed by atoms with E-state index in [4.69, 9.17) is 9.47 Å². The molecular formula is C6H10O3. The molecule has 3 heteroatoms. The van der Waals surface area contributed by atoms with Crippen molar-refractivity contribution < 1.29 is 14.3 Å². The van der Waals surface area contributed by atoms with E-state index < -0.39 is 11.9 Å². The van der Waals surface area contributed by atoms with E-state index >= 15 is 0 Å². The number of rotatable bonds is 2. The molecule has 52 valence electrons. The molecule has 0 radical (unpaired) electrons. The standard InChI is InChI=1S/C6H10O3/c1-3-4-6(2)8-5(7)9-6/h3-4H2,1-2H3. The van der Waals surface area contributed by atoms with Crippen molar-refractivity contribution in [3.8, 4) is 0 Å². The summed E-state index contributed by atoms with van der Waals surface area (Å²) in [6.45, 7) is 3.78. The van der Waals surface area contributed by atoms with Gasteiger partial charge >= 0.3 is 6.16 Å². The Morgan fingerprint density at radius 3 is 2.44 bits per heavy atom. The van der Waals surface area contributed by atoms with Crippen molar-refractivity contribution in [3.63, 3.8) is 0 Å². The molecule has 3 nitrogen and oxygen atoms in total. The molecule has 1 aliphatic heterocycles. The summed E-state index contributed by atoms with van der Waals surface area (Å²) in [7, 11) is 0. The third-order valence-electron chi connectivity index (χ3n) is 1.30. The van der Waals surface area contributed by atoms with E-state index in [1.165, 1.54) is 0 Å². The molecule has 0 saturated carbocycles. The quantitative estimate of drug-likeness (QED) is 0.533. The summed E-state index contributed by atoms with van der Waals surface area (Å²) >= 11 is 0. The summed E-state index contributed by atoms with van der Waals surface area (Å²) in [4.78, 5) is 10.1. The van der Waals surface area contributed by atoms with E-state index in [1.54, 1.807) is 6.92 Å². The fourth-order valence-electron chi connectivity index (χ4n) is 0.916. The molecule has 0 aromatic heterocycles. The average Bonchev–Trinajstić information content (AvgIpc) is 1.62. The van der Waals surface area contributed by atoms with Crippen LogP contribution in [0.4, 0.5) is 4.79 Å². The molecule has 0 unspecified atom stereocenters. The molecule has 0 N–H and O–H groups in total. The van der Waals surface area contributed by atoms with Gasteiger partial charge in [-0.15, -0.1) is 0 Å². The summed E-state index contributed by atoms with van der Waals surface area (Å²) in [5.74, 6) is -0.605. The van der Waals surface area contributed by atoms with Crippen LogP contribution in [0, 0.1) is 0 Å². The van der Waals surface area contributed by atoms with Gasteiger partial charge in [-0.05, 0) is 6.42 Å². The van der Waals surface area contributed by atoms with Crippen LogP contribution in [-0.2, 0) is 9.47 Å². The summed E-state index contributed by atoms with van der Waals surface area (Å²) in [6, 6.07) is 0. The number of carbonyl (C=O) groups excluding carboxylic acids is 1. The Bertz CT molecular complexity index is 122. The molecule has 0 spiro atoms. The van der Waals surface area contributed by atoms with E-state index in [0.29, 0.717) is 0 Å². The molecule has 0 atom stereocenters. The number of hydrogen-bond donors (Lipinski definition) is 0. The van der Waals surface area contributed by atoms with E-state index in [9.17, 15) is 4.79 Å². The van der Waals surface area contributed by atoms with Gasteiger partial charge in [-0.1, -0.05) is 6.92 Å². The lowest BCUT2D eigenvalue weighted by Gasteiger charge is -2.36. The number of hydrogen-bond acceptors (Lipinski definition) is 3. The smallest absolute Gasteiger partial charge is 0.391 e. The maximum Gasteiger partial charge on any atom is 0.514 e. The molecule has 1 rings (SSSR count). The predicted octanol–water partition coefficient (Wildman–Crippen LogP) is 1.67. The molecule has 9 heavy (non-hydrogen) atoms. The number of carbonyl (C=O) groups is 1. The van der Waals surface area contributed by atoms with Crippen molar-refractivity contribution in [1.82, 2.24) is 0 Å². The fourth-order valence-corrected chi connectivity index (χ4v) is 0.916. The molecule has 0 aromatic rings. The van der Waals surface area contributed by atoms with E-state index in [-0.39, 0.29) is 0 Å². The van der Waals surface area contributed by atoms with Gasteiger partial charge in [0, 0.05) is 13.3 Å². The van der Waals surface area contributed by atoms with Gasteiger partial charge in [-0.2, -0.15) is 0 Å². The summed E-state index contributed by atoms with van der Waals surface area (Å²) < 4.78 is 9.41. The highest BCUT2D eigenvalue weighted by Crippen LogP contribution is 2.28. The van der Waals surface area contributed by atoms with Crippen molar-refractivity contribution in [1.29, 1.82) is 0 Å². The lowest BCUT2D eigenvalue weighted by atomic mass is 10.1. The van der Waals surface area contributed by atoms with E-state index in [1.807, 2.05) is 6.92 Å². The number of cyclic esters (lactones) is 2. The second kappa shape index (κ2) is 1.90. The van der Waals surface area contributed by atoms with Crippen LogP contribution in [0.5, 0.6) is 0 Å². The van der Waals surface area contributed by atoms with Crippen LogP contribution in [0.1, 0.15) is 26.7 Å². The Kier molecular flexibility index (Phi) is 1.35. The van der Waals surface area contributed by atoms with Crippen LogP contribution in [0.15, 0.2) is 0 Å². The first-order chi connectivity index (χ1) is 4.16. The molecule has 1 aliphatic rings. The van der Waals surface area contributed by atoms with Gasteiger partial charge in [-0.25, -0.2) is 4.79 Å². The topological polar surface area (TPSA) is 35.5 Å². The molecule has 1 saturated heterocycles. The zero-order valence-corrected chi connectivity index (χ0v) is 5.64. The van der Waals surface area contributed by atoms with Gasteiger partial charge < -0.3 is 9.47 Å². The molecule has 0 aromatic carbocycles. The lowest BCUT2D eigenvalue weighted by molar-refractivity contribution is -0.262. The maximum absolute atomic E-state index is 10.1. The van der Waals surface area contributed by atoms with Gasteiger partial charge in [0.05, 0.1) is 0 Å². The number of ether oxygens (including phenoxy) is 2. The summed E-state index contributed by atoms with van der Waals surface area (Å²) in [5, 5.41) is 0. The van der Waals surface area contributed by atoms with Crippen LogP contribution in [0.3, 0.4) is 0 Å². The van der Waals surface area contributed by atoms with Crippen molar-refractivity contribution >= 4 is 6.16 Å². The van der Waals surface area contributed by atoms with Crippen molar-refractivity contribution in [2.75, 3.05) is 0 Å².